The summed E-state index contributed by atoms with van der Waals surface area (Å²) in [7, 11) is 0. The number of hydrogen-bond donors (Lipinski definition) is 0. The molecule has 27 heavy (non-hydrogen) atoms. The van der Waals surface area contributed by atoms with Crippen LogP contribution >= 0.6 is 0 Å². The first-order chi connectivity index (χ1) is 13.0. The Hall–Kier alpha value is -2.59. The minimum absolute atomic E-state index is 0.343. The predicted molar refractivity (Wildman–Crippen MR) is 109 cm³/mol. The lowest BCUT2D eigenvalue weighted by Gasteiger charge is -2.16. The molecular formula is C23H27NO3. The summed E-state index contributed by atoms with van der Waals surface area (Å²) in [5.41, 5.74) is 4.96. The first-order valence-electron chi connectivity index (χ1n) is 9.35. The van der Waals surface area contributed by atoms with Crippen molar-refractivity contribution in [3.8, 4) is 16.9 Å². The number of benzene rings is 2. The van der Waals surface area contributed by atoms with Crippen LogP contribution in [0.2, 0.25) is 0 Å². The second kappa shape index (κ2) is 8.40. The third-order valence-electron chi connectivity index (χ3n) is 4.06. The summed E-state index contributed by atoms with van der Waals surface area (Å²) in [6.07, 6.45) is 3.94. The molecule has 1 aliphatic carbocycles. The van der Waals surface area contributed by atoms with Crippen LogP contribution in [0, 0.1) is 0 Å². The van der Waals surface area contributed by atoms with Crippen LogP contribution in [0.3, 0.4) is 0 Å². The van der Waals surface area contributed by atoms with E-state index in [2.05, 4.69) is 23.4 Å². The van der Waals surface area contributed by atoms with Crippen molar-refractivity contribution in [1.82, 2.24) is 0 Å². The number of oxime groups is 1. The van der Waals surface area contributed by atoms with E-state index >= 15 is 0 Å². The fourth-order valence-electron chi connectivity index (χ4n) is 2.86. The van der Waals surface area contributed by atoms with E-state index in [4.69, 9.17) is 14.3 Å². The van der Waals surface area contributed by atoms with Crippen LogP contribution in [0.4, 0.5) is 0 Å². The molecule has 0 aromatic heterocycles. The quantitative estimate of drug-likeness (QED) is 0.328. The molecule has 3 rings (SSSR count). The van der Waals surface area contributed by atoms with Gasteiger partial charge < -0.3 is 14.3 Å². The van der Waals surface area contributed by atoms with Gasteiger partial charge in [0.05, 0.1) is 6.61 Å². The summed E-state index contributed by atoms with van der Waals surface area (Å²) in [6, 6.07) is 14.4. The van der Waals surface area contributed by atoms with Gasteiger partial charge in [0, 0.05) is 17.7 Å². The molecule has 0 N–H and O–H groups in total. The van der Waals surface area contributed by atoms with Crippen LogP contribution in [0.1, 0.15) is 38.8 Å². The number of ether oxygens (including phenoxy) is 2. The summed E-state index contributed by atoms with van der Waals surface area (Å²) in [5.74, 6) is 0.811. The molecule has 142 valence electrons. The minimum Gasteiger partial charge on any atom is -0.490 e. The number of nitrogens with zero attached hydrogens (tertiary/aromatic N) is 1. The first kappa shape index (κ1) is 19.2. The third-order valence-corrected chi connectivity index (χ3v) is 4.06. The van der Waals surface area contributed by atoms with Crippen LogP contribution in [0.15, 0.2) is 59.8 Å². The lowest BCUT2D eigenvalue weighted by Crippen LogP contribution is -2.17. The highest BCUT2D eigenvalue weighted by molar-refractivity contribution is 6.24. The van der Waals surface area contributed by atoms with Crippen molar-refractivity contribution in [2.24, 2.45) is 5.16 Å². The van der Waals surface area contributed by atoms with Gasteiger partial charge in [0.15, 0.2) is 0 Å². The van der Waals surface area contributed by atoms with Gasteiger partial charge in [0.2, 0.25) is 0 Å². The van der Waals surface area contributed by atoms with Crippen molar-refractivity contribution >= 4 is 5.71 Å². The van der Waals surface area contributed by atoms with Crippen molar-refractivity contribution in [1.29, 1.82) is 0 Å². The lowest BCUT2D eigenvalue weighted by molar-refractivity contribution is 0.00121. The van der Waals surface area contributed by atoms with Gasteiger partial charge in [-0.3, -0.25) is 0 Å². The normalized spacial score (nSPS) is 14.4. The maximum Gasteiger partial charge on any atom is 0.129 e. The smallest absolute Gasteiger partial charge is 0.129 e. The van der Waals surface area contributed by atoms with Crippen LogP contribution in [0.25, 0.3) is 11.1 Å². The standard InChI is InChI=1S/C23H27NO3/c1-5-25-14-8-9-15-26-17-12-13-19-18-10-6-7-11-20(18)22(21(19)16-17)24-27-23(2,3)4/h6-13,16H,5,14-15H2,1-4H3/b9-8+,24-22+. The zero-order chi connectivity index (χ0) is 19.3. The van der Waals surface area contributed by atoms with E-state index in [0.717, 1.165) is 34.8 Å². The van der Waals surface area contributed by atoms with E-state index < -0.39 is 0 Å². The zero-order valence-corrected chi connectivity index (χ0v) is 16.5. The molecule has 0 spiro atoms. The van der Waals surface area contributed by atoms with Crippen LogP contribution in [0.5, 0.6) is 5.75 Å². The van der Waals surface area contributed by atoms with Crippen molar-refractivity contribution in [3.05, 3.63) is 65.7 Å². The highest BCUT2D eigenvalue weighted by Gasteiger charge is 2.26. The molecule has 0 saturated heterocycles. The Bertz CT molecular complexity index is 847. The van der Waals surface area contributed by atoms with Gasteiger partial charge in [-0.05, 0) is 63.1 Å². The van der Waals surface area contributed by atoms with Crippen molar-refractivity contribution in [2.45, 2.75) is 33.3 Å². The Labute approximate surface area is 161 Å². The maximum absolute atomic E-state index is 5.87. The van der Waals surface area contributed by atoms with Gasteiger partial charge in [0.1, 0.15) is 23.7 Å². The van der Waals surface area contributed by atoms with E-state index in [-0.39, 0.29) is 5.60 Å². The van der Waals surface area contributed by atoms with Crippen molar-refractivity contribution in [2.75, 3.05) is 19.8 Å². The molecule has 2 aromatic carbocycles. The Morgan fingerprint density at radius 2 is 1.59 bits per heavy atom. The van der Waals surface area contributed by atoms with E-state index in [1.54, 1.807) is 0 Å². The van der Waals surface area contributed by atoms with Crippen LogP contribution in [-0.4, -0.2) is 31.1 Å². The van der Waals surface area contributed by atoms with Gasteiger partial charge in [-0.1, -0.05) is 35.5 Å². The van der Waals surface area contributed by atoms with E-state index in [1.807, 2.05) is 64.1 Å². The van der Waals surface area contributed by atoms with Gasteiger partial charge in [-0.25, -0.2) is 0 Å². The molecule has 0 heterocycles. The van der Waals surface area contributed by atoms with E-state index in [1.165, 1.54) is 5.56 Å². The van der Waals surface area contributed by atoms with Gasteiger partial charge in [0.25, 0.3) is 0 Å². The van der Waals surface area contributed by atoms with Crippen molar-refractivity contribution < 1.29 is 14.3 Å². The van der Waals surface area contributed by atoms with Gasteiger partial charge >= 0.3 is 0 Å². The van der Waals surface area contributed by atoms with Gasteiger partial charge in [-0.15, -0.1) is 0 Å². The molecule has 0 fully saturated rings. The molecule has 0 radical (unpaired) electrons. The highest BCUT2D eigenvalue weighted by atomic mass is 16.6. The Kier molecular flexibility index (Phi) is 5.97. The molecule has 0 unspecified atom stereocenters. The third kappa shape index (κ3) is 4.77. The Balaban J connectivity index is 1.83. The number of rotatable bonds is 7. The van der Waals surface area contributed by atoms with E-state index in [0.29, 0.717) is 13.2 Å². The zero-order valence-electron chi connectivity index (χ0n) is 16.5. The lowest BCUT2D eigenvalue weighted by atomic mass is 10.1. The predicted octanol–water partition coefficient (Wildman–Crippen LogP) is 5.21. The van der Waals surface area contributed by atoms with E-state index in [9.17, 15) is 0 Å². The summed E-state index contributed by atoms with van der Waals surface area (Å²) in [6.45, 7) is 9.79. The molecule has 1 aliphatic rings. The highest BCUT2D eigenvalue weighted by Crippen LogP contribution is 2.39. The number of hydrogen-bond acceptors (Lipinski definition) is 4. The van der Waals surface area contributed by atoms with Crippen LogP contribution < -0.4 is 4.74 Å². The second-order valence-electron chi connectivity index (χ2n) is 7.34. The summed E-state index contributed by atoms with van der Waals surface area (Å²) >= 11 is 0. The second-order valence-corrected chi connectivity index (χ2v) is 7.34. The fourth-order valence-corrected chi connectivity index (χ4v) is 2.86. The average Bonchev–Trinajstić information content (AvgIpc) is 2.95. The molecule has 4 nitrogen and oxygen atoms in total. The molecule has 0 amide bonds. The molecule has 2 aromatic rings. The average molecular weight is 365 g/mol. The minimum atomic E-state index is -0.343. The molecule has 0 saturated carbocycles. The summed E-state index contributed by atoms with van der Waals surface area (Å²) in [4.78, 5) is 5.72. The molecular weight excluding hydrogens is 338 g/mol. The van der Waals surface area contributed by atoms with Gasteiger partial charge in [-0.2, -0.15) is 0 Å². The largest absolute Gasteiger partial charge is 0.490 e. The molecule has 4 heteroatoms. The maximum atomic E-state index is 5.87. The summed E-state index contributed by atoms with van der Waals surface area (Å²) in [5, 5.41) is 4.48. The summed E-state index contributed by atoms with van der Waals surface area (Å²) < 4.78 is 11.1. The first-order valence-corrected chi connectivity index (χ1v) is 9.35. The molecule has 0 bridgehead atoms. The SMILES string of the molecule is CCOC/C=C/COc1ccc2c(c1)/C(=N/OC(C)(C)C)c1ccccc1-2. The topological polar surface area (TPSA) is 40.0 Å². The number of fused-ring (bicyclic) bond motifs is 3. The van der Waals surface area contributed by atoms with Crippen molar-refractivity contribution in [3.63, 3.8) is 0 Å². The molecule has 0 atom stereocenters. The molecule has 0 aliphatic heterocycles. The Morgan fingerprint density at radius 1 is 0.889 bits per heavy atom. The Morgan fingerprint density at radius 3 is 2.33 bits per heavy atom. The monoisotopic (exact) mass is 365 g/mol. The fraction of sp³-hybridized carbons (Fsp3) is 0.348. The van der Waals surface area contributed by atoms with Crippen LogP contribution in [-0.2, 0) is 9.57 Å².